The van der Waals surface area contributed by atoms with Crippen molar-refractivity contribution in [1.82, 2.24) is 0 Å². The first-order valence-electron chi connectivity index (χ1n) is 6.90. The van der Waals surface area contributed by atoms with Gasteiger partial charge in [-0.25, -0.2) is 0 Å². The Kier molecular flexibility index (Phi) is 2.78. The first kappa shape index (κ1) is 11.0. The van der Waals surface area contributed by atoms with E-state index in [2.05, 4.69) is 37.0 Å². The zero-order valence-electron chi connectivity index (χ0n) is 10.9. The molecule has 2 atom stereocenters. The van der Waals surface area contributed by atoms with Gasteiger partial charge in [-0.15, -0.1) is 0 Å². The van der Waals surface area contributed by atoms with Gasteiger partial charge in [0, 0.05) is 12.3 Å². The van der Waals surface area contributed by atoms with Crippen LogP contribution in [0.15, 0.2) is 23.2 Å². The van der Waals surface area contributed by atoms with Gasteiger partial charge in [-0.05, 0) is 54.4 Å². The smallest absolute Gasteiger partial charge is 0.0433 e. The highest BCUT2D eigenvalue weighted by Gasteiger charge is 2.25. The first-order valence-corrected chi connectivity index (χ1v) is 6.90. The number of fused-ring (bicyclic) bond motifs is 1. The van der Waals surface area contributed by atoms with Gasteiger partial charge in [-0.3, -0.25) is 4.99 Å². The SMILES string of the molecule is CC1=NCCc2ccc(C3CCCC3C)cc21. The lowest BCUT2D eigenvalue weighted by Crippen LogP contribution is -2.12. The van der Waals surface area contributed by atoms with E-state index in [-0.39, 0.29) is 0 Å². The second kappa shape index (κ2) is 4.29. The lowest BCUT2D eigenvalue weighted by atomic mass is 9.86. The topological polar surface area (TPSA) is 12.4 Å². The highest BCUT2D eigenvalue weighted by Crippen LogP contribution is 2.39. The Morgan fingerprint density at radius 2 is 2.12 bits per heavy atom. The molecule has 1 aromatic carbocycles. The van der Waals surface area contributed by atoms with E-state index >= 15 is 0 Å². The minimum absolute atomic E-state index is 0.787. The van der Waals surface area contributed by atoms with Gasteiger partial charge in [0.25, 0.3) is 0 Å². The Labute approximate surface area is 104 Å². The molecule has 0 amide bonds. The molecule has 0 N–H and O–H groups in total. The average Bonchev–Trinajstić information content (AvgIpc) is 2.76. The van der Waals surface area contributed by atoms with Gasteiger partial charge in [-0.1, -0.05) is 31.9 Å². The molecular weight excluding hydrogens is 206 g/mol. The Balaban J connectivity index is 1.98. The van der Waals surface area contributed by atoms with E-state index in [0.29, 0.717) is 0 Å². The summed E-state index contributed by atoms with van der Waals surface area (Å²) in [4.78, 5) is 4.57. The summed E-state index contributed by atoms with van der Waals surface area (Å²) in [6.07, 6.45) is 5.29. The van der Waals surface area contributed by atoms with Crippen molar-refractivity contribution in [1.29, 1.82) is 0 Å². The van der Waals surface area contributed by atoms with Crippen LogP contribution in [-0.2, 0) is 6.42 Å². The van der Waals surface area contributed by atoms with Gasteiger partial charge in [0.15, 0.2) is 0 Å². The highest BCUT2D eigenvalue weighted by atomic mass is 14.7. The summed E-state index contributed by atoms with van der Waals surface area (Å²) in [5.74, 6) is 1.64. The van der Waals surface area contributed by atoms with Crippen molar-refractivity contribution in [3.8, 4) is 0 Å². The molecule has 2 unspecified atom stereocenters. The molecule has 1 fully saturated rings. The van der Waals surface area contributed by atoms with Crippen molar-refractivity contribution in [3.63, 3.8) is 0 Å². The molecule has 1 heterocycles. The second-order valence-electron chi connectivity index (χ2n) is 5.65. The van der Waals surface area contributed by atoms with E-state index in [1.807, 2.05) is 0 Å². The van der Waals surface area contributed by atoms with Crippen LogP contribution in [0, 0.1) is 5.92 Å². The molecule has 0 radical (unpaired) electrons. The third-order valence-electron chi connectivity index (χ3n) is 4.54. The molecule has 2 aliphatic rings. The van der Waals surface area contributed by atoms with Crippen LogP contribution < -0.4 is 0 Å². The van der Waals surface area contributed by atoms with E-state index in [4.69, 9.17) is 0 Å². The average molecular weight is 227 g/mol. The van der Waals surface area contributed by atoms with E-state index in [1.165, 1.54) is 36.1 Å². The largest absolute Gasteiger partial charge is 0.289 e. The molecule has 0 bridgehead atoms. The summed E-state index contributed by atoms with van der Waals surface area (Å²) < 4.78 is 0. The molecule has 1 heteroatoms. The van der Waals surface area contributed by atoms with E-state index in [0.717, 1.165) is 24.8 Å². The molecule has 1 aromatic rings. The van der Waals surface area contributed by atoms with Crippen molar-refractivity contribution in [2.24, 2.45) is 10.9 Å². The minimum Gasteiger partial charge on any atom is -0.289 e. The Hall–Kier alpha value is -1.11. The zero-order chi connectivity index (χ0) is 11.8. The highest BCUT2D eigenvalue weighted by molar-refractivity contribution is 6.00. The standard InChI is InChI=1S/C16H21N/c1-11-4-3-5-15(11)14-7-6-13-8-9-17-12(2)16(13)10-14/h6-7,10-11,15H,3-5,8-9H2,1-2H3. The van der Waals surface area contributed by atoms with Crippen LogP contribution in [0.1, 0.15) is 55.7 Å². The first-order chi connectivity index (χ1) is 8.25. The maximum Gasteiger partial charge on any atom is 0.0433 e. The fraction of sp³-hybridized carbons (Fsp3) is 0.562. The van der Waals surface area contributed by atoms with E-state index < -0.39 is 0 Å². The minimum atomic E-state index is 0.787. The molecular formula is C16H21N. The number of aliphatic imine (C=N–C) groups is 1. The molecule has 17 heavy (non-hydrogen) atoms. The third kappa shape index (κ3) is 1.92. The van der Waals surface area contributed by atoms with Crippen molar-refractivity contribution in [2.45, 2.75) is 45.4 Å². The predicted octanol–water partition coefficient (Wildman–Crippen LogP) is 3.96. The molecule has 0 aromatic heterocycles. The lowest BCUT2D eigenvalue weighted by molar-refractivity contribution is 0.533. The number of hydrogen-bond donors (Lipinski definition) is 0. The Morgan fingerprint density at radius 3 is 2.88 bits per heavy atom. The predicted molar refractivity (Wildman–Crippen MR) is 73.0 cm³/mol. The Morgan fingerprint density at radius 1 is 1.24 bits per heavy atom. The van der Waals surface area contributed by atoms with Gasteiger partial charge >= 0.3 is 0 Å². The van der Waals surface area contributed by atoms with E-state index in [9.17, 15) is 0 Å². The van der Waals surface area contributed by atoms with Gasteiger partial charge in [0.1, 0.15) is 0 Å². The fourth-order valence-corrected chi connectivity index (χ4v) is 3.45. The quantitative estimate of drug-likeness (QED) is 0.688. The fourth-order valence-electron chi connectivity index (χ4n) is 3.45. The lowest BCUT2D eigenvalue weighted by Gasteiger charge is -2.20. The normalized spacial score (nSPS) is 27.8. The second-order valence-corrected chi connectivity index (χ2v) is 5.65. The van der Waals surface area contributed by atoms with Crippen molar-refractivity contribution in [2.75, 3.05) is 6.54 Å². The van der Waals surface area contributed by atoms with Crippen LogP contribution in [0.25, 0.3) is 0 Å². The van der Waals surface area contributed by atoms with Crippen LogP contribution in [0.4, 0.5) is 0 Å². The molecule has 1 nitrogen and oxygen atoms in total. The Bertz CT molecular complexity index is 459. The molecule has 3 rings (SSSR count). The van der Waals surface area contributed by atoms with Gasteiger partial charge in [-0.2, -0.15) is 0 Å². The van der Waals surface area contributed by atoms with Crippen LogP contribution in [-0.4, -0.2) is 12.3 Å². The molecule has 90 valence electrons. The van der Waals surface area contributed by atoms with E-state index in [1.54, 1.807) is 5.56 Å². The van der Waals surface area contributed by atoms with Crippen LogP contribution in [0.5, 0.6) is 0 Å². The third-order valence-corrected chi connectivity index (χ3v) is 4.54. The summed E-state index contributed by atoms with van der Waals surface area (Å²) in [6.45, 7) is 5.52. The summed E-state index contributed by atoms with van der Waals surface area (Å²) in [5, 5.41) is 0. The summed E-state index contributed by atoms with van der Waals surface area (Å²) in [5.41, 5.74) is 5.68. The van der Waals surface area contributed by atoms with Gasteiger partial charge in [0.05, 0.1) is 0 Å². The summed E-state index contributed by atoms with van der Waals surface area (Å²) >= 11 is 0. The van der Waals surface area contributed by atoms with Gasteiger partial charge in [0.2, 0.25) is 0 Å². The number of rotatable bonds is 1. The zero-order valence-corrected chi connectivity index (χ0v) is 10.9. The number of benzene rings is 1. The van der Waals surface area contributed by atoms with Crippen LogP contribution in [0.2, 0.25) is 0 Å². The number of hydrogen-bond acceptors (Lipinski definition) is 1. The maximum absolute atomic E-state index is 4.57. The van der Waals surface area contributed by atoms with Crippen LogP contribution in [0.3, 0.4) is 0 Å². The molecule has 0 spiro atoms. The summed E-state index contributed by atoms with van der Waals surface area (Å²) in [7, 11) is 0. The maximum atomic E-state index is 4.57. The molecule has 0 saturated heterocycles. The molecule has 1 saturated carbocycles. The van der Waals surface area contributed by atoms with Crippen molar-refractivity contribution in [3.05, 3.63) is 34.9 Å². The summed E-state index contributed by atoms with van der Waals surface area (Å²) in [6, 6.07) is 7.12. The van der Waals surface area contributed by atoms with Crippen molar-refractivity contribution >= 4 is 5.71 Å². The molecule has 1 aliphatic heterocycles. The molecule has 1 aliphatic carbocycles. The van der Waals surface area contributed by atoms with Gasteiger partial charge < -0.3 is 0 Å². The van der Waals surface area contributed by atoms with Crippen molar-refractivity contribution < 1.29 is 0 Å². The number of nitrogens with zero attached hydrogens (tertiary/aromatic N) is 1. The van der Waals surface area contributed by atoms with Crippen LogP contribution >= 0.6 is 0 Å². The monoisotopic (exact) mass is 227 g/mol.